The van der Waals surface area contributed by atoms with Crippen molar-refractivity contribution >= 4 is 58.8 Å². The van der Waals surface area contributed by atoms with E-state index in [-0.39, 0.29) is 0 Å². The molecule has 0 radical (unpaired) electrons. The molecule has 0 amide bonds. The van der Waals surface area contributed by atoms with Crippen molar-refractivity contribution in [1.82, 2.24) is 0 Å². The van der Waals surface area contributed by atoms with Gasteiger partial charge in [-0.15, -0.1) is 0 Å². The van der Waals surface area contributed by atoms with Gasteiger partial charge in [-0.3, -0.25) is 0 Å². The van der Waals surface area contributed by atoms with E-state index >= 15 is 0 Å². The first-order chi connectivity index (χ1) is 17.9. The Bertz CT molecular complexity index is 889. The van der Waals surface area contributed by atoms with E-state index in [9.17, 15) is 0 Å². The molecule has 0 saturated carbocycles. The van der Waals surface area contributed by atoms with Gasteiger partial charge in [0.25, 0.3) is 0 Å². The highest BCUT2D eigenvalue weighted by Crippen LogP contribution is 2.24. The molecule has 3 aromatic carbocycles. The molecule has 0 N–H and O–H groups in total. The van der Waals surface area contributed by atoms with Crippen molar-refractivity contribution in [3.63, 3.8) is 0 Å². The predicted octanol–water partition coefficient (Wildman–Crippen LogP) is 8.75. The molecule has 0 spiro atoms. The Labute approximate surface area is 241 Å². The Hall–Kier alpha value is -0.590. The maximum absolute atomic E-state index is 2.25. The molecule has 5 heteroatoms. The van der Waals surface area contributed by atoms with Crippen LogP contribution in [-0.2, 0) is 19.3 Å². The van der Waals surface area contributed by atoms with Crippen LogP contribution in [-0.4, -0.2) is 57.0 Å². The quantitative estimate of drug-likeness (QED) is 0.124. The average Bonchev–Trinajstić information content (AvgIpc) is 2.93. The van der Waals surface area contributed by atoms with Gasteiger partial charge >= 0.3 is 0 Å². The summed E-state index contributed by atoms with van der Waals surface area (Å²) in [5.41, 5.74) is 4.39. The monoisotopic (exact) mass is 572 g/mol. The summed E-state index contributed by atoms with van der Waals surface area (Å²) in [6.45, 7) is 0. The normalized spacial score (nSPS) is 12.0. The average molecular weight is 573 g/mol. The van der Waals surface area contributed by atoms with Crippen LogP contribution in [0.1, 0.15) is 16.7 Å². The molecule has 0 aliphatic rings. The van der Waals surface area contributed by atoms with Crippen molar-refractivity contribution < 1.29 is 0 Å². The van der Waals surface area contributed by atoms with Gasteiger partial charge in [0.1, 0.15) is 0 Å². The fourth-order valence-corrected chi connectivity index (χ4v) is 9.95. The maximum Gasteiger partial charge on any atom is 0.0229 e. The van der Waals surface area contributed by atoms with Gasteiger partial charge in [-0.1, -0.05) is 91.0 Å². The van der Waals surface area contributed by atoms with Crippen LogP contribution in [0.4, 0.5) is 0 Å². The molecule has 36 heavy (non-hydrogen) atoms. The van der Waals surface area contributed by atoms with Gasteiger partial charge in [0.05, 0.1) is 0 Å². The van der Waals surface area contributed by atoms with Gasteiger partial charge in [0.2, 0.25) is 0 Å². The van der Waals surface area contributed by atoms with E-state index in [1.54, 1.807) is 0 Å². The van der Waals surface area contributed by atoms with Crippen molar-refractivity contribution in [2.45, 2.75) is 24.5 Å². The second kappa shape index (κ2) is 20.4. The molecule has 0 aliphatic carbocycles. The Balaban J connectivity index is 1.27. The highest BCUT2D eigenvalue weighted by atomic mass is 32.2. The van der Waals surface area contributed by atoms with Crippen LogP contribution >= 0.6 is 58.8 Å². The third kappa shape index (κ3) is 14.4. The Morgan fingerprint density at radius 3 is 1.22 bits per heavy atom. The van der Waals surface area contributed by atoms with Crippen LogP contribution < -0.4 is 0 Å². The minimum Gasteiger partial charge on any atom is -0.161 e. The van der Waals surface area contributed by atoms with Crippen LogP contribution in [0, 0.1) is 0 Å². The van der Waals surface area contributed by atoms with Gasteiger partial charge in [-0.05, 0) is 53.2 Å². The number of hydrogen-bond donors (Lipinski definition) is 0. The largest absolute Gasteiger partial charge is 0.161 e. The zero-order valence-corrected chi connectivity index (χ0v) is 25.3. The van der Waals surface area contributed by atoms with Gasteiger partial charge in [0.15, 0.2) is 0 Å². The number of benzene rings is 3. The molecule has 0 fully saturated rings. The van der Waals surface area contributed by atoms with E-state index in [0.29, 0.717) is 0 Å². The van der Waals surface area contributed by atoms with E-state index < -0.39 is 0 Å². The number of aryl methyl sites for hydroxylation is 3. The minimum atomic E-state index is 0.764. The van der Waals surface area contributed by atoms with Crippen LogP contribution in [0.3, 0.4) is 0 Å². The lowest BCUT2D eigenvalue weighted by molar-refractivity contribution is 1.12. The van der Waals surface area contributed by atoms with Crippen molar-refractivity contribution in [2.24, 2.45) is 0 Å². The van der Waals surface area contributed by atoms with E-state index in [1.165, 1.54) is 87.7 Å². The minimum absolute atomic E-state index is 0.764. The molecular formula is C31H40S5. The Morgan fingerprint density at radius 1 is 0.389 bits per heavy atom. The molecule has 1 atom stereocenters. The Kier molecular flexibility index (Phi) is 17.0. The first-order valence-corrected chi connectivity index (χ1v) is 18.6. The predicted molar refractivity (Wildman–Crippen MR) is 176 cm³/mol. The van der Waals surface area contributed by atoms with Gasteiger partial charge < -0.3 is 0 Å². The number of hydrogen-bond acceptors (Lipinski definition) is 5. The van der Waals surface area contributed by atoms with Gasteiger partial charge in [-0.25, -0.2) is 0 Å². The summed E-state index contributed by atoms with van der Waals surface area (Å²) in [6.07, 6.45) is 3.56. The summed E-state index contributed by atoms with van der Waals surface area (Å²) in [5, 5.41) is 0.764. The van der Waals surface area contributed by atoms with Gasteiger partial charge in [-0.2, -0.15) is 58.8 Å². The fourth-order valence-electron chi connectivity index (χ4n) is 3.67. The zero-order valence-electron chi connectivity index (χ0n) is 21.3. The molecule has 0 nitrogen and oxygen atoms in total. The van der Waals surface area contributed by atoms with E-state index in [4.69, 9.17) is 0 Å². The van der Waals surface area contributed by atoms with Crippen molar-refractivity contribution in [3.05, 3.63) is 108 Å². The lowest BCUT2D eigenvalue weighted by Gasteiger charge is -2.16. The third-order valence-corrected chi connectivity index (χ3v) is 12.1. The van der Waals surface area contributed by atoms with Crippen LogP contribution in [0.15, 0.2) is 91.0 Å². The summed E-state index contributed by atoms with van der Waals surface area (Å²) in [6, 6.07) is 32.7. The molecule has 3 rings (SSSR count). The highest BCUT2D eigenvalue weighted by Gasteiger charge is 2.10. The first kappa shape index (κ1) is 30.0. The smallest absolute Gasteiger partial charge is 0.0229 e. The van der Waals surface area contributed by atoms with Crippen molar-refractivity contribution in [1.29, 1.82) is 0 Å². The summed E-state index contributed by atoms with van der Waals surface area (Å²) in [4.78, 5) is 0. The molecule has 0 bridgehead atoms. The Morgan fingerprint density at radius 2 is 0.750 bits per heavy atom. The van der Waals surface area contributed by atoms with Crippen molar-refractivity contribution in [3.8, 4) is 0 Å². The highest BCUT2D eigenvalue weighted by molar-refractivity contribution is 8.06. The molecule has 0 saturated heterocycles. The van der Waals surface area contributed by atoms with Crippen molar-refractivity contribution in [2.75, 3.05) is 51.8 Å². The molecule has 0 aromatic heterocycles. The lowest BCUT2D eigenvalue weighted by atomic mass is 10.2. The fraction of sp³-hybridized carbons (Fsp3) is 0.419. The van der Waals surface area contributed by atoms with Crippen LogP contribution in [0.25, 0.3) is 0 Å². The first-order valence-electron chi connectivity index (χ1n) is 12.9. The number of rotatable bonds is 20. The topological polar surface area (TPSA) is 0 Å². The van der Waals surface area contributed by atoms with Gasteiger partial charge in [0, 0.05) is 39.8 Å². The molecule has 0 heterocycles. The second-order valence-electron chi connectivity index (χ2n) is 8.57. The molecule has 1 unspecified atom stereocenters. The van der Waals surface area contributed by atoms with E-state index in [0.717, 1.165) is 5.25 Å². The molecular weight excluding hydrogens is 533 g/mol. The van der Waals surface area contributed by atoms with E-state index in [1.807, 2.05) is 0 Å². The lowest BCUT2D eigenvalue weighted by Crippen LogP contribution is -2.13. The number of thioether (sulfide) groups is 5. The standard InChI is InChI=1S/C31H40S5/c1-4-10-28(11-5-1)16-19-32-22-23-35-27-31(26-34-21-18-30-14-8-3-9-15-30)36-25-24-33-20-17-29-12-6-2-7-13-29/h1-15,31H,16-27H2. The summed E-state index contributed by atoms with van der Waals surface area (Å²) < 4.78 is 0. The van der Waals surface area contributed by atoms with E-state index in [2.05, 4.69) is 150 Å². The molecule has 194 valence electrons. The molecule has 0 aliphatic heterocycles. The summed E-state index contributed by atoms with van der Waals surface area (Å²) in [5.74, 6) is 11.3. The van der Waals surface area contributed by atoms with Crippen LogP contribution in [0.5, 0.6) is 0 Å². The second-order valence-corrected chi connectivity index (χ2v) is 14.7. The molecule has 3 aromatic rings. The summed E-state index contributed by atoms with van der Waals surface area (Å²) >= 11 is 10.7. The maximum atomic E-state index is 2.25. The van der Waals surface area contributed by atoms with Crippen LogP contribution in [0.2, 0.25) is 0 Å². The summed E-state index contributed by atoms with van der Waals surface area (Å²) in [7, 11) is 0. The SMILES string of the molecule is c1ccc(CCSCCSCC(CSCCc2ccccc2)SCCSCCc2ccccc2)cc1. The zero-order chi connectivity index (χ0) is 24.9. The third-order valence-electron chi connectivity index (χ3n) is 5.69.